The third-order valence-corrected chi connectivity index (χ3v) is 4.82. The zero-order valence-electron chi connectivity index (χ0n) is 18.4. The Morgan fingerprint density at radius 3 is 2.48 bits per heavy atom. The van der Waals surface area contributed by atoms with E-state index in [1.807, 2.05) is 30.6 Å². The highest BCUT2D eigenvalue weighted by Gasteiger charge is 2.18. The highest BCUT2D eigenvalue weighted by atomic mass is 16.5. The number of ether oxygens (including phenoxy) is 4. The number of carbonyl (C=O) groups is 2. The molecular weight excluding hydrogens is 400 g/mol. The Morgan fingerprint density at radius 1 is 1.13 bits per heavy atom. The largest absolute Gasteiger partial charge is 0.497 e. The van der Waals surface area contributed by atoms with Crippen LogP contribution in [0, 0.1) is 25.2 Å². The Morgan fingerprint density at radius 2 is 1.87 bits per heavy atom. The van der Waals surface area contributed by atoms with Crippen LogP contribution >= 0.6 is 0 Å². The molecule has 2 aromatic rings. The number of carbonyl (C=O) groups excluding carboxylic acids is 2. The van der Waals surface area contributed by atoms with Crippen LogP contribution in [0.4, 0.5) is 0 Å². The molecule has 0 spiro atoms. The van der Waals surface area contributed by atoms with Crippen molar-refractivity contribution in [3.05, 3.63) is 52.4 Å². The summed E-state index contributed by atoms with van der Waals surface area (Å²) in [4.78, 5) is 24.9. The maximum Gasteiger partial charge on any atom is 0.349 e. The first-order valence-corrected chi connectivity index (χ1v) is 9.56. The molecule has 0 fully saturated rings. The number of methoxy groups -OCH3 is 3. The lowest BCUT2D eigenvalue weighted by molar-refractivity contribution is -0.137. The van der Waals surface area contributed by atoms with Crippen LogP contribution in [0.25, 0.3) is 6.08 Å². The van der Waals surface area contributed by atoms with E-state index < -0.39 is 18.4 Å². The molecule has 1 aromatic carbocycles. The molecule has 1 aromatic heterocycles. The maximum absolute atomic E-state index is 12.5. The van der Waals surface area contributed by atoms with Crippen molar-refractivity contribution in [3.8, 4) is 17.6 Å². The Labute approximate surface area is 181 Å². The van der Waals surface area contributed by atoms with Gasteiger partial charge in [-0.05, 0) is 43.7 Å². The smallest absolute Gasteiger partial charge is 0.349 e. The molecule has 0 aliphatic rings. The molecular formula is C23H26N2O6. The lowest BCUT2D eigenvalue weighted by atomic mass is 10.1. The monoisotopic (exact) mass is 426 g/mol. The van der Waals surface area contributed by atoms with Crippen LogP contribution in [0.3, 0.4) is 0 Å². The summed E-state index contributed by atoms with van der Waals surface area (Å²) < 4.78 is 22.5. The molecule has 0 aliphatic heterocycles. The number of hydrogen-bond acceptors (Lipinski definition) is 7. The number of rotatable bonds is 10. The molecule has 0 bridgehead atoms. The van der Waals surface area contributed by atoms with Crippen molar-refractivity contribution >= 4 is 17.8 Å². The quantitative estimate of drug-likeness (QED) is 0.249. The van der Waals surface area contributed by atoms with Crippen molar-refractivity contribution < 1.29 is 28.5 Å². The van der Waals surface area contributed by atoms with Crippen LogP contribution in [-0.4, -0.2) is 50.9 Å². The van der Waals surface area contributed by atoms with Gasteiger partial charge in [0.2, 0.25) is 5.78 Å². The standard InChI is InChI=1S/C23H26N2O6/c1-15-10-17(16(2)25(15)8-9-28-3)11-18(13-24)23(27)31-14-21(26)20-7-6-19(29-4)12-22(20)30-5/h6-7,10-12H,8-9,14H2,1-5H3/b18-11+. The molecule has 0 N–H and O–H groups in total. The van der Waals surface area contributed by atoms with Gasteiger partial charge in [-0.1, -0.05) is 0 Å². The molecule has 0 atom stereocenters. The van der Waals surface area contributed by atoms with Gasteiger partial charge in [0.1, 0.15) is 23.1 Å². The molecule has 0 radical (unpaired) electrons. The van der Waals surface area contributed by atoms with E-state index in [9.17, 15) is 14.9 Å². The molecule has 2 rings (SSSR count). The van der Waals surface area contributed by atoms with Crippen LogP contribution in [0.2, 0.25) is 0 Å². The van der Waals surface area contributed by atoms with Gasteiger partial charge in [0.05, 0.1) is 26.4 Å². The Hall–Kier alpha value is -3.57. The van der Waals surface area contributed by atoms with Gasteiger partial charge in [-0.2, -0.15) is 5.26 Å². The average Bonchev–Trinajstić information content (AvgIpc) is 3.05. The van der Waals surface area contributed by atoms with E-state index in [4.69, 9.17) is 18.9 Å². The topological polar surface area (TPSA) is 99.8 Å². The third kappa shape index (κ3) is 5.74. The van der Waals surface area contributed by atoms with Gasteiger partial charge in [-0.3, -0.25) is 4.79 Å². The fourth-order valence-electron chi connectivity index (χ4n) is 3.11. The van der Waals surface area contributed by atoms with Gasteiger partial charge in [-0.25, -0.2) is 4.79 Å². The number of esters is 1. The van der Waals surface area contributed by atoms with E-state index in [-0.39, 0.29) is 11.1 Å². The Bertz CT molecular complexity index is 1030. The summed E-state index contributed by atoms with van der Waals surface area (Å²) in [6.45, 7) is 4.52. The zero-order chi connectivity index (χ0) is 23.0. The van der Waals surface area contributed by atoms with Gasteiger partial charge in [0, 0.05) is 31.1 Å². The summed E-state index contributed by atoms with van der Waals surface area (Å²) in [6.07, 6.45) is 1.46. The molecule has 8 nitrogen and oxygen atoms in total. The van der Waals surface area contributed by atoms with Crippen molar-refractivity contribution in [3.63, 3.8) is 0 Å². The van der Waals surface area contributed by atoms with Crippen molar-refractivity contribution in [1.29, 1.82) is 5.26 Å². The number of aromatic nitrogens is 1. The predicted octanol–water partition coefficient (Wildman–Crippen LogP) is 3.10. The predicted molar refractivity (Wildman–Crippen MR) is 114 cm³/mol. The number of ketones is 1. The molecule has 8 heteroatoms. The van der Waals surface area contributed by atoms with Gasteiger partial charge in [-0.15, -0.1) is 0 Å². The van der Waals surface area contributed by atoms with Crippen LogP contribution in [0.1, 0.15) is 27.3 Å². The number of hydrogen-bond donors (Lipinski definition) is 0. The van der Waals surface area contributed by atoms with E-state index in [2.05, 4.69) is 0 Å². The number of nitrogens with zero attached hydrogens (tertiary/aromatic N) is 2. The van der Waals surface area contributed by atoms with E-state index in [0.29, 0.717) is 24.7 Å². The first kappa shape index (κ1) is 23.7. The van der Waals surface area contributed by atoms with E-state index in [1.165, 1.54) is 26.4 Å². The van der Waals surface area contributed by atoms with Crippen molar-refractivity contribution in [2.75, 3.05) is 34.5 Å². The van der Waals surface area contributed by atoms with Crippen LogP contribution in [0.5, 0.6) is 11.5 Å². The minimum atomic E-state index is -0.870. The summed E-state index contributed by atoms with van der Waals surface area (Å²) >= 11 is 0. The second-order valence-corrected chi connectivity index (χ2v) is 6.71. The first-order valence-electron chi connectivity index (χ1n) is 9.56. The van der Waals surface area contributed by atoms with Crippen LogP contribution in [-0.2, 0) is 20.8 Å². The second-order valence-electron chi connectivity index (χ2n) is 6.71. The molecule has 164 valence electrons. The normalized spacial score (nSPS) is 11.0. The van der Waals surface area contributed by atoms with Crippen molar-refractivity contribution in [2.45, 2.75) is 20.4 Å². The van der Waals surface area contributed by atoms with Crippen LogP contribution < -0.4 is 9.47 Å². The number of benzene rings is 1. The maximum atomic E-state index is 12.5. The van der Waals surface area contributed by atoms with Crippen molar-refractivity contribution in [1.82, 2.24) is 4.57 Å². The number of nitriles is 1. The van der Waals surface area contributed by atoms with Crippen LogP contribution in [0.15, 0.2) is 29.8 Å². The highest BCUT2D eigenvalue weighted by molar-refractivity contribution is 6.03. The van der Waals surface area contributed by atoms with Gasteiger partial charge in [0.15, 0.2) is 6.61 Å². The highest BCUT2D eigenvalue weighted by Crippen LogP contribution is 2.25. The van der Waals surface area contributed by atoms with Gasteiger partial charge in [0.25, 0.3) is 0 Å². The Kier molecular flexibility index (Phi) is 8.41. The lowest BCUT2D eigenvalue weighted by Gasteiger charge is -2.10. The number of Topliss-reactive ketones (excluding diaryl/α,β-unsaturated/α-hetero) is 1. The third-order valence-electron chi connectivity index (χ3n) is 4.82. The van der Waals surface area contributed by atoms with E-state index >= 15 is 0 Å². The summed E-state index contributed by atoms with van der Waals surface area (Å²) in [7, 11) is 4.56. The Balaban J connectivity index is 2.14. The summed E-state index contributed by atoms with van der Waals surface area (Å²) in [5.41, 5.74) is 2.66. The molecule has 31 heavy (non-hydrogen) atoms. The average molecular weight is 426 g/mol. The molecule has 0 saturated carbocycles. The van der Waals surface area contributed by atoms with Gasteiger partial charge >= 0.3 is 5.97 Å². The van der Waals surface area contributed by atoms with E-state index in [1.54, 1.807) is 19.2 Å². The molecule has 0 amide bonds. The first-order chi connectivity index (χ1) is 14.9. The van der Waals surface area contributed by atoms with Gasteiger partial charge < -0.3 is 23.5 Å². The molecule has 0 unspecified atom stereocenters. The molecule has 0 saturated heterocycles. The summed E-state index contributed by atoms with van der Waals surface area (Å²) in [5.74, 6) is -0.490. The van der Waals surface area contributed by atoms with E-state index in [0.717, 1.165) is 17.0 Å². The minimum Gasteiger partial charge on any atom is -0.497 e. The fourth-order valence-corrected chi connectivity index (χ4v) is 3.11. The van der Waals surface area contributed by atoms with Crippen molar-refractivity contribution in [2.24, 2.45) is 0 Å². The number of aryl methyl sites for hydroxylation is 1. The summed E-state index contributed by atoms with van der Waals surface area (Å²) in [6, 6.07) is 8.43. The SMILES string of the molecule is COCCn1c(C)cc(/C=C(\C#N)C(=O)OCC(=O)c2ccc(OC)cc2OC)c1C. The minimum absolute atomic E-state index is 0.193. The molecule has 1 heterocycles. The molecule has 0 aliphatic carbocycles. The fraction of sp³-hybridized carbons (Fsp3) is 0.348. The lowest BCUT2D eigenvalue weighted by Crippen LogP contribution is -2.16. The second kappa shape index (κ2) is 11.0. The zero-order valence-corrected chi connectivity index (χ0v) is 18.4. The summed E-state index contributed by atoms with van der Waals surface area (Å²) in [5, 5.41) is 9.42.